The van der Waals surface area contributed by atoms with Crippen molar-refractivity contribution in [2.45, 2.75) is 12.7 Å². The zero-order valence-corrected chi connectivity index (χ0v) is 9.19. The number of ether oxygens (including phenoxy) is 4. The van der Waals surface area contributed by atoms with Crippen molar-refractivity contribution in [2.75, 3.05) is 27.1 Å². The van der Waals surface area contributed by atoms with Gasteiger partial charge in [0.15, 0.2) is 13.1 Å². The fraction of sp³-hybridized carbons (Fsp3) is 0.500. The number of hydrogen-bond acceptors (Lipinski definition) is 4. The fourth-order valence-corrected chi connectivity index (χ4v) is 1.43. The highest BCUT2D eigenvalue weighted by molar-refractivity contribution is 5.24. The van der Waals surface area contributed by atoms with Gasteiger partial charge in [0.1, 0.15) is 5.75 Å². The Bertz CT molecular complexity index is 321. The van der Waals surface area contributed by atoms with E-state index in [9.17, 15) is 0 Å². The molecule has 0 aromatic heterocycles. The first-order valence-electron chi connectivity index (χ1n) is 5.18. The first kappa shape index (κ1) is 11.2. The van der Waals surface area contributed by atoms with Crippen LogP contribution >= 0.6 is 0 Å². The topological polar surface area (TPSA) is 36.9 Å². The van der Waals surface area contributed by atoms with E-state index < -0.39 is 0 Å². The molecule has 1 aliphatic heterocycles. The van der Waals surface area contributed by atoms with E-state index >= 15 is 0 Å². The van der Waals surface area contributed by atoms with Gasteiger partial charge in [0.05, 0.1) is 18.8 Å². The van der Waals surface area contributed by atoms with Crippen LogP contribution in [-0.2, 0) is 14.2 Å². The molecule has 4 nitrogen and oxygen atoms in total. The van der Waals surface area contributed by atoms with Gasteiger partial charge in [-0.3, -0.25) is 0 Å². The highest BCUT2D eigenvalue weighted by Crippen LogP contribution is 2.23. The Balaban J connectivity index is 2.02. The van der Waals surface area contributed by atoms with Crippen molar-refractivity contribution in [3.05, 3.63) is 29.8 Å². The highest BCUT2D eigenvalue weighted by atomic mass is 16.7. The lowest BCUT2D eigenvalue weighted by molar-refractivity contribution is -0.183. The smallest absolute Gasteiger partial charge is 0.191 e. The Labute approximate surface area is 95.1 Å². The zero-order chi connectivity index (χ0) is 11.2. The molecule has 1 aromatic rings. The molecule has 0 saturated carbocycles. The summed E-state index contributed by atoms with van der Waals surface area (Å²) in [4.78, 5) is 0. The molecule has 1 saturated heterocycles. The molecule has 4 heteroatoms. The van der Waals surface area contributed by atoms with E-state index in [0.29, 0.717) is 19.0 Å². The Morgan fingerprint density at radius 2 is 2.25 bits per heavy atom. The molecule has 16 heavy (non-hydrogen) atoms. The lowest BCUT2D eigenvalue weighted by Crippen LogP contribution is -2.17. The lowest BCUT2D eigenvalue weighted by atomic mass is 10.2. The maximum absolute atomic E-state index is 5.46. The van der Waals surface area contributed by atoms with Crippen LogP contribution in [0.15, 0.2) is 12.1 Å². The summed E-state index contributed by atoms with van der Waals surface area (Å²) in [7, 11) is 1.58. The third kappa shape index (κ3) is 2.86. The van der Waals surface area contributed by atoms with Crippen LogP contribution in [0.1, 0.15) is 18.3 Å². The normalized spacial score (nSPS) is 16.8. The average molecular weight is 222 g/mol. The van der Waals surface area contributed by atoms with Crippen molar-refractivity contribution in [3.63, 3.8) is 0 Å². The van der Waals surface area contributed by atoms with Crippen molar-refractivity contribution < 1.29 is 18.9 Å². The quantitative estimate of drug-likeness (QED) is 0.727. The van der Waals surface area contributed by atoms with E-state index in [1.165, 1.54) is 0 Å². The molecule has 0 atom stereocenters. The molecule has 1 heterocycles. The van der Waals surface area contributed by atoms with Crippen LogP contribution in [0.2, 0.25) is 0 Å². The van der Waals surface area contributed by atoms with Gasteiger partial charge in [-0.25, -0.2) is 0 Å². The molecule has 0 amide bonds. The second-order valence-corrected chi connectivity index (χ2v) is 3.39. The maximum Gasteiger partial charge on any atom is 0.191 e. The number of methoxy groups -OCH3 is 1. The van der Waals surface area contributed by atoms with Crippen LogP contribution in [0.25, 0.3) is 0 Å². The molecule has 1 aliphatic rings. The summed E-state index contributed by atoms with van der Waals surface area (Å²) in [6.07, 6.45) is 0.580. The van der Waals surface area contributed by atoms with Gasteiger partial charge in [-0.2, -0.15) is 0 Å². The summed E-state index contributed by atoms with van der Waals surface area (Å²) in [5.74, 6) is 0.674. The second-order valence-electron chi connectivity index (χ2n) is 3.39. The molecule has 1 fully saturated rings. The van der Waals surface area contributed by atoms with Crippen LogP contribution in [0.5, 0.6) is 5.75 Å². The predicted molar refractivity (Wildman–Crippen MR) is 55.9 cm³/mol. The summed E-state index contributed by atoms with van der Waals surface area (Å²) in [6.45, 7) is 1.63. The van der Waals surface area contributed by atoms with Crippen molar-refractivity contribution in [2.24, 2.45) is 0 Å². The van der Waals surface area contributed by atoms with Gasteiger partial charge in [-0.05, 0) is 12.5 Å². The average Bonchev–Trinajstić information content (AvgIpc) is 2.38. The third-order valence-electron chi connectivity index (χ3n) is 2.15. The van der Waals surface area contributed by atoms with Gasteiger partial charge in [0.2, 0.25) is 0 Å². The lowest BCUT2D eigenvalue weighted by Gasteiger charge is -2.22. The van der Waals surface area contributed by atoms with Crippen molar-refractivity contribution >= 4 is 0 Å². The molecular formula is C12H14O4. The molecule has 0 bridgehead atoms. The molecule has 0 unspecified atom stereocenters. The van der Waals surface area contributed by atoms with E-state index in [-0.39, 0.29) is 13.1 Å². The summed E-state index contributed by atoms with van der Waals surface area (Å²) in [5, 5.41) is 0. The molecule has 1 aromatic carbocycles. The predicted octanol–water partition coefficient (Wildman–Crippen LogP) is 1.71. The van der Waals surface area contributed by atoms with Crippen LogP contribution in [0, 0.1) is 12.1 Å². The second kappa shape index (κ2) is 5.71. The minimum Gasteiger partial charge on any atom is -0.467 e. The van der Waals surface area contributed by atoms with Gasteiger partial charge in [0.25, 0.3) is 0 Å². The Hall–Kier alpha value is -1.28. The van der Waals surface area contributed by atoms with Gasteiger partial charge in [0, 0.05) is 13.2 Å². The maximum atomic E-state index is 5.46. The zero-order valence-electron chi connectivity index (χ0n) is 9.19. The Morgan fingerprint density at radius 3 is 3.00 bits per heavy atom. The first-order chi connectivity index (χ1) is 7.90. The van der Waals surface area contributed by atoms with Crippen LogP contribution in [0.3, 0.4) is 0 Å². The molecule has 0 spiro atoms. The first-order valence-corrected chi connectivity index (χ1v) is 5.18. The van der Waals surface area contributed by atoms with Gasteiger partial charge in [-0.1, -0.05) is 12.1 Å². The molecule has 0 N–H and O–H groups in total. The largest absolute Gasteiger partial charge is 0.467 e. The van der Waals surface area contributed by atoms with Crippen molar-refractivity contribution in [1.29, 1.82) is 0 Å². The van der Waals surface area contributed by atoms with Crippen molar-refractivity contribution in [3.8, 4) is 5.75 Å². The summed E-state index contributed by atoms with van der Waals surface area (Å²) >= 11 is 0. The van der Waals surface area contributed by atoms with Gasteiger partial charge < -0.3 is 18.9 Å². The fourth-order valence-electron chi connectivity index (χ4n) is 1.43. The van der Waals surface area contributed by atoms with Crippen molar-refractivity contribution in [1.82, 2.24) is 0 Å². The van der Waals surface area contributed by atoms with E-state index in [0.717, 1.165) is 12.0 Å². The van der Waals surface area contributed by atoms with Gasteiger partial charge in [-0.15, -0.1) is 0 Å². The van der Waals surface area contributed by atoms with E-state index in [4.69, 9.17) is 18.9 Å². The third-order valence-corrected chi connectivity index (χ3v) is 2.15. The Kier molecular flexibility index (Phi) is 4.00. The number of rotatable bonds is 4. The minimum atomic E-state index is -0.351. The van der Waals surface area contributed by atoms with Crippen LogP contribution in [0.4, 0.5) is 0 Å². The van der Waals surface area contributed by atoms with Gasteiger partial charge >= 0.3 is 0 Å². The minimum absolute atomic E-state index is 0.212. The summed E-state index contributed by atoms with van der Waals surface area (Å²) < 4.78 is 21.1. The molecule has 0 aliphatic carbocycles. The molecular weight excluding hydrogens is 208 g/mol. The molecule has 2 rings (SSSR count). The van der Waals surface area contributed by atoms with Crippen LogP contribution < -0.4 is 4.74 Å². The highest BCUT2D eigenvalue weighted by Gasteiger charge is 2.16. The number of hydrogen-bond donors (Lipinski definition) is 0. The monoisotopic (exact) mass is 222 g/mol. The van der Waals surface area contributed by atoms with Crippen LogP contribution in [-0.4, -0.2) is 27.1 Å². The van der Waals surface area contributed by atoms with E-state index in [1.54, 1.807) is 13.2 Å². The SMILES string of the molecule is COCOc1cc#cc(C2OCCCO2)c1. The Morgan fingerprint density at radius 1 is 1.44 bits per heavy atom. The summed E-state index contributed by atoms with van der Waals surface area (Å²) in [6, 6.07) is 9.35. The molecule has 86 valence electrons. The van der Waals surface area contributed by atoms with E-state index in [1.807, 2.05) is 6.07 Å². The standard InChI is InChI=1S/C12H14O4/c1-13-9-16-11-5-2-4-10(8-11)12-14-6-3-7-15-12/h5,8,12H,3,6-7,9H2,1H3. The summed E-state index contributed by atoms with van der Waals surface area (Å²) in [5.41, 5.74) is 0.799. The molecule has 0 radical (unpaired) electrons. The van der Waals surface area contributed by atoms with E-state index in [2.05, 4.69) is 12.1 Å².